The van der Waals surface area contributed by atoms with E-state index in [4.69, 9.17) is 11.6 Å². The van der Waals surface area contributed by atoms with E-state index in [9.17, 15) is 21.2 Å². The van der Waals surface area contributed by atoms with E-state index in [1.165, 1.54) is 48.5 Å². The summed E-state index contributed by atoms with van der Waals surface area (Å²) < 4.78 is 66.6. The number of hydrogen-bond acceptors (Lipinski definition) is 5. The second-order valence-electron chi connectivity index (χ2n) is 7.50. The summed E-state index contributed by atoms with van der Waals surface area (Å²) in [6, 6.07) is 17.1. The molecule has 0 saturated heterocycles. The van der Waals surface area contributed by atoms with Crippen LogP contribution in [0.5, 0.6) is 0 Å². The predicted octanol–water partition coefficient (Wildman–Crippen LogP) is 4.39. The number of halogens is 2. The number of sulfonamides is 2. The topological polar surface area (TPSA) is 95.9 Å². The van der Waals surface area contributed by atoms with Crippen LogP contribution in [0, 0.1) is 5.82 Å². The third-order valence-corrected chi connectivity index (χ3v) is 7.56. The van der Waals surface area contributed by atoms with E-state index in [1.54, 1.807) is 24.3 Å². The van der Waals surface area contributed by atoms with E-state index in [1.807, 2.05) is 0 Å². The van der Waals surface area contributed by atoms with E-state index < -0.39 is 31.9 Å². The highest BCUT2D eigenvalue weighted by molar-refractivity contribution is 7.92. The normalized spacial score (nSPS) is 16.5. The first-order valence-electron chi connectivity index (χ1n) is 9.74. The first kappa shape index (κ1) is 23.2. The van der Waals surface area contributed by atoms with Crippen molar-refractivity contribution >= 4 is 43.0 Å². The lowest BCUT2D eigenvalue weighted by Crippen LogP contribution is -2.27. The molecule has 0 unspecified atom stereocenters. The molecule has 0 aromatic heterocycles. The average Bonchev–Trinajstić information content (AvgIpc) is 3.20. The van der Waals surface area contributed by atoms with Crippen molar-refractivity contribution in [3.63, 3.8) is 0 Å². The van der Waals surface area contributed by atoms with Gasteiger partial charge in [-0.2, -0.15) is 17.9 Å². The summed E-state index contributed by atoms with van der Waals surface area (Å²) in [6.07, 6.45) is 1.30. The number of hydrogen-bond donors (Lipinski definition) is 1. The smallest absolute Gasteiger partial charge is 0.279 e. The molecule has 1 aliphatic rings. The second-order valence-corrected chi connectivity index (χ2v) is 11.5. The van der Waals surface area contributed by atoms with Crippen molar-refractivity contribution in [3.8, 4) is 0 Å². The molecule has 3 aromatic carbocycles. The maximum absolute atomic E-state index is 13.5. The molecule has 1 atom stereocenters. The van der Waals surface area contributed by atoms with Crippen LogP contribution in [-0.4, -0.2) is 33.2 Å². The van der Waals surface area contributed by atoms with Crippen molar-refractivity contribution in [1.29, 1.82) is 0 Å². The zero-order chi connectivity index (χ0) is 23.8. The van der Waals surface area contributed by atoms with Crippen molar-refractivity contribution in [3.05, 3.63) is 94.8 Å². The Morgan fingerprint density at radius 2 is 1.55 bits per heavy atom. The fourth-order valence-electron chi connectivity index (χ4n) is 3.48. The molecule has 172 valence electrons. The monoisotopic (exact) mass is 507 g/mol. The molecule has 11 heteroatoms. The van der Waals surface area contributed by atoms with Gasteiger partial charge in [0.2, 0.25) is 10.0 Å². The minimum absolute atomic E-state index is 0.0247. The largest absolute Gasteiger partial charge is 0.284 e. The highest BCUT2D eigenvalue weighted by atomic mass is 35.5. The Bertz CT molecular complexity index is 1410. The molecule has 0 saturated carbocycles. The first-order valence-corrected chi connectivity index (χ1v) is 13.4. The van der Waals surface area contributed by atoms with Crippen LogP contribution in [0.2, 0.25) is 5.02 Å². The van der Waals surface area contributed by atoms with E-state index in [-0.39, 0.29) is 11.3 Å². The zero-order valence-electron chi connectivity index (χ0n) is 17.3. The van der Waals surface area contributed by atoms with Crippen LogP contribution in [0.4, 0.5) is 10.1 Å². The number of hydrazone groups is 1. The molecular weight excluding hydrogens is 489 g/mol. The maximum Gasteiger partial charge on any atom is 0.279 e. The molecule has 7 nitrogen and oxygen atoms in total. The first-order chi connectivity index (χ1) is 15.5. The van der Waals surface area contributed by atoms with Crippen molar-refractivity contribution in [2.75, 3.05) is 11.0 Å². The van der Waals surface area contributed by atoms with Gasteiger partial charge in [0.25, 0.3) is 10.0 Å². The molecule has 0 radical (unpaired) electrons. The van der Waals surface area contributed by atoms with Crippen LogP contribution >= 0.6 is 11.6 Å². The van der Waals surface area contributed by atoms with E-state index in [2.05, 4.69) is 9.82 Å². The van der Waals surface area contributed by atoms with Gasteiger partial charge >= 0.3 is 0 Å². The number of rotatable bonds is 6. The van der Waals surface area contributed by atoms with Crippen LogP contribution in [0.3, 0.4) is 0 Å². The molecule has 4 rings (SSSR count). The van der Waals surface area contributed by atoms with Crippen LogP contribution in [-0.2, 0) is 20.0 Å². The SMILES string of the molecule is CS(=O)(=O)Nc1ccc(C2=NN(S(=O)(=O)c3ccc(Cl)cc3)[C@H](c3ccc(F)cc3)C2)cc1. The summed E-state index contributed by atoms with van der Waals surface area (Å²) in [5.74, 6) is -0.432. The van der Waals surface area contributed by atoms with Gasteiger partial charge in [0.15, 0.2) is 0 Å². The summed E-state index contributed by atoms with van der Waals surface area (Å²) in [5, 5.41) is 4.81. The third-order valence-electron chi connectivity index (χ3n) is 5.01. The Labute approximate surface area is 196 Å². The van der Waals surface area contributed by atoms with Crippen LogP contribution < -0.4 is 4.72 Å². The molecule has 1 aliphatic heterocycles. The Morgan fingerprint density at radius 1 is 0.939 bits per heavy atom. The van der Waals surface area contributed by atoms with E-state index in [0.29, 0.717) is 27.5 Å². The zero-order valence-corrected chi connectivity index (χ0v) is 19.7. The van der Waals surface area contributed by atoms with Gasteiger partial charge < -0.3 is 0 Å². The summed E-state index contributed by atoms with van der Waals surface area (Å²) >= 11 is 5.90. The van der Waals surface area contributed by atoms with E-state index in [0.717, 1.165) is 10.7 Å². The lowest BCUT2D eigenvalue weighted by atomic mass is 9.99. The fraction of sp³-hybridized carbons (Fsp3) is 0.136. The molecule has 0 bridgehead atoms. The molecular formula is C22H19ClFN3O4S2. The van der Waals surface area contributed by atoms with Gasteiger partial charge in [-0.1, -0.05) is 35.9 Å². The summed E-state index contributed by atoms with van der Waals surface area (Å²) in [5.41, 5.74) is 2.09. The molecule has 0 spiro atoms. The highest BCUT2D eigenvalue weighted by Gasteiger charge is 2.37. The molecule has 0 amide bonds. The van der Waals surface area contributed by atoms with Crippen LogP contribution in [0.1, 0.15) is 23.6 Å². The standard InChI is InChI=1S/C22H19ClFN3O4S2/c1-32(28,29)26-19-10-4-15(5-11-19)21-14-22(16-2-8-18(24)9-3-16)27(25-21)33(30,31)20-12-6-17(23)7-13-20/h2-13,22,26H,14H2,1H3/t22-/m0/s1. The molecule has 1 heterocycles. The van der Waals surface area contributed by atoms with Gasteiger partial charge in [-0.3, -0.25) is 4.72 Å². The molecule has 3 aromatic rings. The number of anilines is 1. The third kappa shape index (κ3) is 5.18. The summed E-state index contributed by atoms with van der Waals surface area (Å²) in [6.45, 7) is 0. The Kier molecular flexibility index (Phi) is 6.17. The van der Waals surface area contributed by atoms with Crippen molar-refractivity contribution < 1.29 is 21.2 Å². The van der Waals surface area contributed by atoms with Crippen molar-refractivity contribution in [2.24, 2.45) is 5.10 Å². The number of benzene rings is 3. The van der Waals surface area contributed by atoms with Crippen LogP contribution in [0.15, 0.2) is 82.8 Å². The van der Waals surface area contributed by atoms with Gasteiger partial charge in [0, 0.05) is 17.1 Å². The summed E-state index contributed by atoms with van der Waals surface area (Å²) in [4.78, 5) is 0.0247. The number of nitrogens with one attached hydrogen (secondary N) is 1. The van der Waals surface area contributed by atoms with Crippen LogP contribution in [0.25, 0.3) is 0 Å². The Balaban J connectivity index is 1.73. The highest BCUT2D eigenvalue weighted by Crippen LogP contribution is 2.37. The quantitative estimate of drug-likeness (QED) is 0.535. The van der Waals surface area contributed by atoms with Gasteiger partial charge in [-0.15, -0.1) is 0 Å². The molecule has 1 N–H and O–H groups in total. The molecule has 0 fully saturated rings. The average molecular weight is 508 g/mol. The Morgan fingerprint density at radius 3 is 2.12 bits per heavy atom. The second kappa shape index (κ2) is 8.77. The molecule has 33 heavy (non-hydrogen) atoms. The minimum Gasteiger partial charge on any atom is -0.284 e. The van der Waals surface area contributed by atoms with Gasteiger partial charge in [-0.25, -0.2) is 12.8 Å². The fourth-order valence-corrected chi connectivity index (χ4v) is 5.60. The van der Waals surface area contributed by atoms with Crippen molar-refractivity contribution in [2.45, 2.75) is 17.4 Å². The Hall–Kier alpha value is -2.95. The van der Waals surface area contributed by atoms with Gasteiger partial charge in [0.05, 0.1) is 22.9 Å². The van der Waals surface area contributed by atoms with Crippen molar-refractivity contribution in [1.82, 2.24) is 4.41 Å². The minimum atomic E-state index is -4.03. The number of nitrogens with zero attached hydrogens (tertiary/aromatic N) is 2. The predicted molar refractivity (Wildman–Crippen MR) is 126 cm³/mol. The van der Waals surface area contributed by atoms with Gasteiger partial charge in [-0.05, 0) is 59.7 Å². The molecule has 0 aliphatic carbocycles. The van der Waals surface area contributed by atoms with E-state index >= 15 is 0 Å². The lowest BCUT2D eigenvalue weighted by Gasteiger charge is -2.23. The van der Waals surface area contributed by atoms with Gasteiger partial charge in [0.1, 0.15) is 5.82 Å². The maximum atomic E-state index is 13.5. The summed E-state index contributed by atoms with van der Waals surface area (Å²) in [7, 11) is -7.46. The lowest BCUT2D eigenvalue weighted by molar-refractivity contribution is 0.371.